The van der Waals surface area contributed by atoms with Crippen molar-refractivity contribution in [1.29, 1.82) is 0 Å². The third kappa shape index (κ3) is 2.29. The van der Waals surface area contributed by atoms with E-state index in [4.69, 9.17) is 4.74 Å². The maximum absolute atomic E-state index is 10.1. The smallest absolute Gasteiger partial charge is 0.0853 e. The predicted octanol–water partition coefficient (Wildman–Crippen LogP) is 2.74. The van der Waals surface area contributed by atoms with E-state index in [1.807, 2.05) is 6.92 Å². The first kappa shape index (κ1) is 12.0. The Kier molecular flexibility index (Phi) is 3.96. The third-order valence-corrected chi connectivity index (χ3v) is 3.54. The van der Waals surface area contributed by atoms with E-state index in [2.05, 4.69) is 20.8 Å². The summed E-state index contributed by atoms with van der Waals surface area (Å²) in [6.07, 6.45) is 4.31. The van der Waals surface area contributed by atoms with Gasteiger partial charge in [0.15, 0.2) is 0 Å². The van der Waals surface area contributed by atoms with E-state index in [0.717, 1.165) is 25.7 Å². The molecule has 2 heteroatoms. The Hall–Kier alpha value is -0.0800. The molecule has 0 aliphatic carbocycles. The summed E-state index contributed by atoms with van der Waals surface area (Å²) in [4.78, 5) is 0. The van der Waals surface area contributed by atoms with Crippen LogP contribution < -0.4 is 0 Å². The molecule has 0 bridgehead atoms. The van der Waals surface area contributed by atoms with Gasteiger partial charge in [-0.15, -0.1) is 0 Å². The molecule has 1 unspecified atom stereocenters. The molecule has 4 atom stereocenters. The summed E-state index contributed by atoms with van der Waals surface area (Å²) in [7, 11) is 0. The Morgan fingerprint density at radius 3 is 2.57 bits per heavy atom. The highest BCUT2D eigenvalue weighted by Gasteiger charge is 2.42. The molecule has 1 fully saturated rings. The first-order valence-electron chi connectivity index (χ1n) is 5.87. The van der Waals surface area contributed by atoms with E-state index in [1.54, 1.807) is 0 Å². The predicted molar refractivity (Wildman–Crippen MR) is 58.3 cm³/mol. The first-order valence-corrected chi connectivity index (χ1v) is 5.87. The van der Waals surface area contributed by atoms with E-state index < -0.39 is 0 Å². The van der Waals surface area contributed by atoms with Gasteiger partial charge in [0, 0.05) is 0 Å². The lowest BCUT2D eigenvalue weighted by molar-refractivity contribution is -0.173. The van der Waals surface area contributed by atoms with Crippen LogP contribution in [0.1, 0.15) is 53.4 Å². The zero-order valence-corrected chi connectivity index (χ0v) is 9.92. The molecule has 2 nitrogen and oxygen atoms in total. The van der Waals surface area contributed by atoms with Crippen molar-refractivity contribution in [3.8, 4) is 0 Å². The standard InChI is InChI=1S/C12H24O2/c1-5-7-12(4)8-10(6-2)14-9(3)11(12)13/h9-11,13H,5-8H2,1-4H3/t9-,10+,11?,12-/m0/s1. The molecule has 1 saturated heterocycles. The van der Waals surface area contributed by atoms with Gasteiger partial charge in [-0.1, -0.05) is 27.2 Å². The lowest BCUT2D eigenvalue weighted by Crippen LogP contribution is -2.49. The van der Waals surface area contributed by atoms with E-state index in [0.29, 0.717) is 6.10 Å². The summed E-state index contributed by atoms with van der Waals surface area (Å²) in [5, 5.41) is 10.1. The average molecular weight is 200 g/mol. The second-order valence-corrected chi connectivity index (χ2v) is 4.92. The second-order valence-electron chi connectivity index (χ2n) is 4.92. The van der Waals surface area contributed by atoms with E-state index in [9.17, 15) is 5.11 Å². The van der Waals surface area contributed by atoms with Crippen LogP contribution in [0.25, 0.3) is 0 Å². The van der Waals surface area contributed by atoms with E-state index in [1.165, 1.54) is 0 Å². The van der Waals surface area contributed by atoms with Crippen molar-refractivity contribution in [2.75, 3.05) is 0 Å². The molecule has 0 aromatic rings. The number of rotatable bonds is 3. The van der Waals surface area contributed by atoms with Crippen LogP contribution in [0.2, 0.25) is 0 Å². The van der Waals surface area contributed by atoms with Gasteiger partial charge < -0.3 is 9.84 Å². The fraction of sp³-hybridized carbons (Fsp3) is 1.00. The molecular weight excluding hydrogens is 176 g/mol. The zero-order valence-electron chi connectivity index (χ0n) is 9.92. The van der Waals surface area contributed by atoms with Crippen LogP contribution >= 0.6 is 0 Å². The number of aliphatic hydroxyl groups excluding tert-OH is 1. The van der Waals surface area contributed by atoms with Gasteiger partial charge in [0.25, 0.3) is 0 Å². The Balaban J connectivity index is 2.70. The maximum Gasteiger partial charge on any atom is 0.0853 e. The van der Waals surface area contributed by atoms with Crippen LogP contribution in [0.5, 0.6) is 0 Å². The monoisotopic (exact) mass is 200 g/mol. The molecule has 1 rings (SSSR count). The van der Waals surface area contributed by atoms with Gasteiger partial charge in [-0.2, -0.15) is 0 Å². The van der Waals surface area contributed by atoms with Crippen LogP contribution in [0.15, 0.2) is 0 Å². The summed E-state index contributed by atoms with van der Waals surface area (Å²) in [6, 6.07) is 0. The summed E-state index contributed by atoms with van der Waals surface area (Å²) in [5.74, 6) is 0. The largest absolute Gasteiger partial charge is 0.390 e. The topological polar surface area (TPSA) is 29.5 Å². The van der Waals surface area contributed by atoms with Gasteiger partial charge in [0.2, 0.25) is 0 Å². The number of ether oxygens (including phenoxy) is 1. The summed E-state index contributed by atoms with van der Waals surface area (Å²) in [5.41, 5.74) is 0.0626. The molecule has 0 aromatic carbocycles. The Morgan fingerprint density at radius 2 is 2.07 bits per heavy atom. The SMILES string of the molecule is CCC[C@@]1(C)C[C@@H](CC)O[C@@H](C)C1O. The summed E-state index contributed by atoms with van der Waals surface area (Å²) < 4.78 is 5.74. The highest BCUT2D eigenvalue weighted by Crippen LogP contribution is 2.40. The average Bonchev–Trinajstić information content (AvgIpc) is 2.14. The normalized spacial score (nSPS) is 43.9. The van der Waals surface area contributed by atoms with Gasteiger partial charge in [0.1, 0.15) is 0 Å². The van der Waals surface area contributed by atoms with Crippen molar-refractivity contribution >= 4 is 0 Å². The van der Waals surface area contributed by atoms with Gasteiger partial charge in [-0.05, 0) is 31.6 Å². The minimum Gasteiger partial charge on any atom is -0.390 e. The molecule has 0 amide bonds. The fourth-order valence-electron chi connectivity index (χ4n) is 2.70. The zero-order chi connectivity index (χ0) is 10.8. The molecule has 0 saturated carbocycles. The van der Waals surface area contributed by atoms with Crippen molar-refractivity contribution < 1.29 is 9.84 Å². The Morgan fingerprint density at radius 1 is 1.43 bits per heavy atom. The minimum atomic E-state index is -0.301. The van der Waals surface area contributed by atoms with E-state index in [-0.39, 0.29) is 17.6 Å². The van der Waals surface area contributed by atoms with Crippen LogP contribution in [0, 0.1) is 5.41 Å². The lowest BCUT2D eigenvalue weighted by Gasteiger charge is -2.45. The minimum absolute atomic E-state index is 0.00903. The number of hydrogen-bond acceptors (Lipinski definition) is 2. The van der Waals surface area contributed by atoms with Gasteiger partial charge in [-0.25, -0.2) is 0 Å². The van der Waals surface area contributed by atoms with Gasteiger partial charge in [0.05, 0.1) is 18.3 Å². The third-order valence-electron chi connectivity index (χ3n) is 3.54. The van der Waals surface area contributed by atoms with E-state index >= 15 is 0 Å². The molecule has 14 heavy (non-hydrogen) atoms. The van der Waals surface area contributed by atoms with Gasteiger partial charge in [-0.3, -0.25) is 0 Å². The van der Waals surface area contributed by atoms with Gasteiger partial charge >= 0.3 is 0 Å². The highest BCUT2D eigenvalue weighted by molar-refractivity contribution is 4.92. The van der Waals surface area contributed by atoms with Crippen molar-refractivity contribution in [1.82, 2.24) is 0 Å². The number of aliphatic hydroxyl groups is 1. The molecular formula is C12H24O2. The molecule has 0 spiro atoms. The van der Waals surface area contributed by atoms with Crippen molar-refractivity contribution in [2.45, 2.75) is 71.7 Å². The Bertz CT molecular complexity index is 181. The van der Waals surface area contributed by atoms with Crippen LogP contribution in [-0.2, 0) is 4.74 Å². The molecule has 0 radical (unpaired) electrons. The molecule has 0 aromatic heterocycles. The van der Waals surface area contributed by atoms with Crippen LogP contribution in [0.3, 0.4) is 0 Å². The summed E-state index contributed by atoms with van der Waals surface area (Å²) in [6.45, 7) is 8.52. The second kappa shape index (κ2) is 4.63. The molecule has 1 aliphatic rings. The highest BCUT2D eigenvalue weighted by atomic mass is 16.5. The molecule has 1 heterocycles. The van der Waals surface area contributed by atoms with Crippen LogP contribution in [-0.4, -0.2) is 23.4 Å². The van der Waals surface area contributed by atoms with Crippen molar-refractivity contribution in [3.05, 3.63) is 0 Å². The summed E-state index contributed by atoms with van der Waals surface area (Å²) >= 11 is 0. The van der Waals surface area contributed by atoms with Crippen LogP contribution in [0.4, 0.5) is 0 Å². The fourth-order valence-corrected chi connectivity index (χ4v) is 2.70. The molecule has 84 valence electrons. The number of hydrogen-bond donors (Lipinski definition) is 1. The molecule has 1 aliphatic heterocycles. The quantitative estimate of drug-likeness (QED) is 0.759. The first-order chi connectivity index (χ1) is 6.53. The Labute approximate surface area is 87.7 Å². The van der Waals surface area contributed by atoms with Crippen molar-refractivity contribution in [3.63, 3.8) is 0 Å². The maximum atomic E-state index is 10.1. The van der Waals surface area contributed by atoms with Crippen molar-refractivity contribution in [2.24, 2.45) is 5.41 Å². The lowest BCUT2D eigenvalue weighted by atomic mass is 9.71. The molecule has 1 N–H and O–H groups in total.